The van der Waals surface area contributed by atoms with Crippen molar-refractivity contribution in [2.24, 2.45) is 0 Å². The van der Waals surface area contributed by atoms with E-state index in [9.17, 15) is 18.4 Å². The number of ether oxygens (including phenoxy) is 3. The normalized spacial score (nSPS) is 13.7. The van der Waals surface area contributed by atoms with Gasteiger partial charge in [-0.2, -0.15) is 8.78 Å². The second-order valence-corrected chi connectivity index (χ2v) is 8.41. The molecule has 1 fully saturated rings. The van der Waals surface area contributed by atoms with Gasteiger partial charge in [-0.1, -0.05) is 11.6 Å². The number of nitrogens with one attached hydrogen (secondary N) is 2. The minimum absolute atomic E-state index is 0.0116. The smallest absolute Gasteiger partial charge is 0.345 e. The molecule has 1 aromatic carbocycles. The third-order valence-corrected chi connectivity index (χ3v) is 5.31. The van der Waals surface area contributed by atoms with Gasteiger partial charge in [0.05, 0.1) is 17.7 Å². The maximum Gasteiger partial charge on any atom is 0.345 e. The maximum absolute atomic E-state index is 12.8. The van der Waals surface area contributed by atoms with Crippen LogP contribution < -0.4 is 25.5 Å². The number of nitrogens with zero attached hydrogens (tertiary/aromatic N) is 2. The predicted molar refractivity (Wildman–Crippen MR) is 131 cm³/mol. The zero-order valence-electron chi connectivity index (χ0n) is 20.2. The highest BCUT2D eigenvalue weighted by molar-refractivity contribution is 6.32. The summed E-state index contributed by atoms with van der Waals surface area (Å²) in [5.74, 6) is -0.452. The first kappa shape index (κ1) is 27.8. The first-order valence-corrected chi connectivity index (χ1v) is 11.7. The molecule has 37 heavy (non-hydrogen) atoms. The molecule has 10 nitrogen and oxygen atoms in total. The lowest BCUT2D eigenvalue weighted by molar-refractivity contribution is -0.142. The van der Waals surface area contributed by atoms with Crippen LogP contribution in [0.25, 0.3) is 0 Å². The summed E-state index contributed by atoms with van der Waals surface area (Å²) in [5.41, 5.74) is 0.415. The van der Waals surface area contributed by atoms with E-state index < -0.39 is 18.6 Å². The Morgan fingerprint density at radius 2 is 1.95 bits per heavy atom. The van der Waals surface area contributed by atoms with Crippen molar-refractivity contribution < 1.29 is 38.0 Å². The van der Waals surface area contributed by atoms with Gasteiger partial charge >= 0.3 is 12.5 Å². The lowest BCUT2D eigenvalue weighted by Crippen LogP contribution is -2.49. The molecule has 2 heterocycles. The van der Waals surface area contributed by atoms with Crippen LogP contribution in [0.4, 0.5) is 8.78 Å². The van der Waals surface area contributed by atoms with Crippen molar-refractivity contribution in [1.29, 1.82) is 0 Å². The highest BCUT2D eigenvalue weighted by Crippen LogP contribution is 2.32. The van der Waals surface area contributed by atoms with Gasteiger partial charge in [0.1, 0.15) is 22.6 Å². The van der Waals surface area contributed by atoms with Crippen molar-refractivity contribution in [2.75, 3.05) is 26.7 Å². The van der Waals surface area contributed by atoms with Gasteiger partial charge in [-0.3, -0.25) is 10.2 Å². The van der Waals surface area contributed by atoms with Crippen molar-refractivity contribution in [2.45, 2.75) is 26.1 Å². The van der Waals surface area contributed by atoms with E-state index in [0.29, 0.717) is 18.7 Å². The van der Waals surface area contributed by atoms with Crippen molar-refractivity contribution in [3.05, 3.63) is 58.9 Å². The second kappa shape index (κ2) is 13.0. The SMILES string of the molecule is CN/C=C\C(=[NH2+])NC(=O)c1cc(Oc2ncc(C(=O)N3CCC3)cc2Cl)cc(O[C@@H](C)COC(F)F)c1. The van der Waals surface area contributed by atoms with Gasteiger partial charge in [-0.05, 0) is 31.5 Å². The van der Waals surface area contributed by atoms with E-state index in [-0.39, 0.29) is 46.3 Å². The molecular weight excluding hydrogens is 512 g/mol. The quantitative estimate of drug-likeness (QED) is 0.295. The molecule has 0 saturated carbocycles. The molecule has 3 rings (SSSR count). The molecule has 1 atom stereocenters. The van der Waals surface area contributed by atoms with Gasteiger partial charge in [0.25, 0.3) is 11.7 Å². The number of carbonyl (C=O) groups is 2. The Labute approximate surface area is 217 Å². The fourth-order valence-electron chi connectivity index (χ4n) is 3.15. The first-order chi connectivity index (χ1) is 17.7. The van der Waals surface area contributed by atoms with Gasteiger partial charge in [0.15, 0.2) is 0 Å². The summed E-state index contributed by atoms with van der Waals surface area (Å²) in [5, 5.41) is 11.1. The number of rotatable bonds is 11. The number of likely N-dealkylation sites (tertiary alicyclic amines) is 1. The lowest BCUT2D eigenvalue weighted by Gasteiger charge is -2.30. The zero-order chi connectivity index (χ0) is 26.9. The van der Waals surface area contributed by atoms with Gasteiger partial charge in [0.2, 0.25) is 5.88 Å². The number of nitrogens with two attached hydrogens (primary N) is 1. The molecule has 0 unspecified atom stereocenters. The molecule has 4 N–H and O–H groups in total. The summed E-state index contributed by atoms with van der Waals surface area (Å²) in [6, 6.07) is 5.67. The summed E-state index contributed by atoms with van der Waals surface area (Å²) in [7, 11) is 1.67. The Balaban J connectivity index is 1.83. The van der Waals surface area contributed by atoms with Gasteiger partial charge in [0, 0.05) is 44.7 Å². The Morgan fingerprint density at radius 1 is 1.22 bits per heavy atom. The van der Waals surface area contributed by atoms with Crippen molar-refractivity contribution in [1.82, 2.24) is 20.5 Å². The van der Waals surface area contributed by atoms with Crippen molar-refractivity contribution in [3.8, 4) is 17.4 Å². The van der Waals surface area contributed by atoms with Crippen LogP contribution in [0.15, 0.2) is 42.7 Å². The third kappa shape index (κ3) is 8.12. The molecule has 13 heteroatoms. The Morgan fingerprint density at radius 3 is 2.57 bits per heavy atom. The molecule has 198 valence electrons. The molecule has 2 aromatic rings. The average molecular weight is 539 g/mol. The molecule has 1 aliphatic rings. The summed E-state index contributed by atoms with van der Waals surface area (Å²) in [6.07, 6.45) is 4.50. The molecule has 0 spiro atoms. The Bertz CT molecular complexity index is 1180. The van der Waals surface area contributed by atoms with Crippen LogP contribution in [0.5, 0.6) is 17.4 Å². The number of alkyl halides is 2. The Hall–Kier alpha value is -3.77. The highest BCUT2D eigenvalue weighted by atomic mass is 35.5. The van der Waals surface area contributed by atoms with E-state index >= 15 is 0 Å². The van der Waals surface area contributed by atoms with Crippen LogP contribution in [0.2, 0.25) is 5.02 Å². The molecule has 1 saturated heterocycles. The highest BCUT2D eigenvalue weighted by Gasteiger charge is 2.23. The first-order valence-electron chi connectivity index (χ1n) is 11.3. The standard InChI is InChI=1S/C24H26ClF2N5O5/c1-14(13-35-24(26)27)36-17-8-15(21(33)31-20(28)4-5-29-2)9-18(11-17)37-22-19(25)10-16(12-30-22)23(34)32-6-3-7-32/h4-5,8-12,14,24,29H,3,6-7,13H2,1-2H3,(H2,28,31,33)/p+1/b5-4-/t14-/m0/s1. The van der Waals surface area contributed by atoms with Crippen LogP contribution in [0, 0.1) is 0 Å². The summed E-state index contributed by atoms with van der Waals surface area (Å²) in [6.45, 7) is -0.453. The largest absolute Gasteiger partial charge is 0.488 e. The van der Waals surface area contributed by atoms with Crippen LogP contribution in [0.3, 0.4) is 0 Å². The zero-order valence-corrected chi connectivity index (χ0v) is 20.9. The fraction of sp³-hybridized carbons (Fsp3) is 0.333. The fourth-order valence-corrected chi connectivity index (χ4v) is 3.36. The van der Waals surface area contributed by atoms with E-state index in [1.807, 2.05) is 0 Å². The van der Waals surface area contributed by atoms with E-state index in [2.05, 4.69) is 20.4 Å². The van der Waals surface area contributed by atoms with Crippen LogP contribution in [-0.2, 0) is 4.74 Å². The third-order valence-electron chi connectivity index (χ3n) is 5.04. The van der Waals surface area contributed by atoms with Crippen LogP contribution in [0.1, 0.15) is 34.1 Å². The van der Waals surface area contributed by atoms with Gasteiger partial charge < -0.3 is 24.4 Å². The minimum Gasteiger partial charge on any atom is -0.488 e. The van der Waals surface area contributed by atoms with Gasteiger partial charge in [-0.15, -0.1) is 0 Å². The monoisotopic (exact) mass is 538 g/mol. The number of carbonyl (C=O) groups excluding carboxylic acids is 2. The number of hydrogen-bond donors (Lipinski definition) is 3. The minimum atomic E-state index is -2.95. The number of amides is 2. The average Bonchev–Trinajstić information content (AvgIpc) is 2.81. The molecule has 0 bridgehead atoms. The van der Waals surface area contributed by atoms with Crippen LogP contribution >= 0.6 is 11.6 Å². The summed E-state index contributed by atoms with van der Waals surface area (Å²) in [4.78, 5) is 31.0. The van der Waals surface area contributed by atoms with E-state index in [1.54, 1.807) is 11.9 Å². The van der Waals surface area contributed by atoms with Crippen molar-refractivity contribution in [3.63, 3.8) is 0 Å². The lowest BCUT2D eigenvalue weighted by atomic mass is 10.1. The number of benzene rings is 1. The number of amidine groups is 1. The molecule has 2 amide bonds. The summed E-state index contributed by atoms with van der Waals surface area (Å²) < 4.78 is 40.5. The number of hydrogen-bond acceptors (Lipinski definition) is 7. The van der Waals surface area contributed by atoms with Crippen LogP contribution in [-0.4, -0.2) is 67.0 Å². The molecule has 0 aliphatic carbocycles. The topological polar surface area (TPSA) is 128 Å². The number of halogens is 3. The molecule has 1 aliphatic heterocycles. The number of pyridine rings is 1. The van der Waals surface area contributed by atoms with Crippen molar-refractivity contribution >= 4 is 29.3 Å². The Kier molecular flexibility index (Phi) is 9.75. The van der Waals surface area contributed by atoms with Gasteiger partial charge in [-0.25, -0.2) is 15.1 Å². The molecule has 1 aromatic heterocycles. The van der Waals surface area contributed by atoms with E-state index in [0.717, 1.165) is 6.42 Å². The number of aromatic nitrogens is 1. The molecular formula is C24H27ClF2N5O5+. The summed E-state index contributed by atoms with van der Waals surface area (Å²) >= 11 is 6.31. The predicted octanol–water partition coefficient (Wildman–Crippen LogP) is 2.00. The maximum atomic E-state index is 12.8. The second-order valence-electron chi connectivity index (χ2n) is 8.01. The van der Waals surface area contributed by atoms with E-state index in [1.165, 1.54) is 49.7 Å². The van der Waals surface area contributed by atoms with E-state index in [4.69, 9.17) is 26.5 Å². The molecule has 0 radical (unpaired) electrons.